The molecule has 2 aromatic heterocycles. The molecule has 4 amide bonds. The number of aryl methyl sites for hydroxylation is 1. The lowest BCUT2D eigenvalue weighted by atomic mass is 9.90. The fourth-order valence-electron chi connectivity index (χ4n) is 8.13. The minimum Gasteiger partial charge on any atom is -0.472 e. The van der Waals surface area contributed by atoms with E-state index in [9.17, 15) is 32.3 Å². The first-order chi connectivity index (χ1) is 27.2. The molecule has 3 aliphatic heterocycles. The fourth-order valence-corrected chi connectivity index (χ4v) is 8.13. The molecule has 1 aromatic carbocycles. The molecule has 2 bridgehead atoms. The Kier molecular flexibility index (Phi) is 10.6. The van der Waals surface area contributed by atoms with Crippen molar-refractivity contribution in [1.82, 2.24) is 25.1 Å². The van der Waals surface area contributed by atoms with E-state index in [1.54, 1.807) is 53.4 Å². The number of anilines is 2. The number of carbonyl (C=O) groups excluding carboxylic acids is 4. The Morgan fingerprint density at radius 1 is 0.983 bits per heavy atom. The molecule has 5 heterocycles. The molecule has 15 nitrogen and oxygen atoms in total. The van der Waals surface area contributed by atoms with Gasteiger partial charge in [0.2, 0.25) is 11.8 Å². The SMILES string of the molecule is CNC(=O)c1nc2c3c(nc(-c4cc(NC(=O)OC(C)(C)C)cc(F)c4OC(F)(F)F)c(F)c3c1C)O[C@@H](C)[C@@H]1[C@@H]3CC[C@](C(=O)N(C)C)(CN21)N3C(=O)OC(C)(C)C. The maximum Gasteiger partial charge on any atom is 0.573 e. The number of benzene rings is 1. The molecule has 0 saturated carbocycles. The number of hydrogen-bond acceptors (Lipinski definition) is 11. The Balaban J connectivity index is 1.64. The first kappa shape index (κ1) is 42.9. The minimum absolute atomic E-state index is 0.0588. The molecule has 0 aliphatic carbocycles. The Labute approximate surface area is 336 Å². The highest BCUT2D eigenvalue weighted by Crippen LogP contribution is 2.52. The molecule has 320 valence electrons. The highest BCUT2D eigenvalue weighted by atomic mass is 19.4. The van der Waals surface area contributed by atoms with Gasteiger partial charge in [-0.05, 0) is 79.9 Å². The Morgan fingerprint density at radius 2 is 1.63 bits per heavy atom. The number of aromatic nitrogens is 2. The van der Waals surface area contributed by atoms with Crippen molar-refractivity contribution >= 4 is 46.3 Å². The molecule has 0 radical (unpaired) electrons. The van der Waals surface area contributed by atoms with E-state index in [-0.39, 0.29) is 53.1 Å². The third kappa shape index (κ3) is 7.80. The van der Waals surface area contributed by atoms with Gasteiger partial charge in [-0.2, -0.15) is 0 Å². The number of halogens is 5. The molecule has 59 heavy (non-hydrogen) atoms. The summed E-state index contributed by atoms with van der Waals surface area (Å²) in [6, 6.07) is -0.263. The number of fused-ring (bicyclic) bond motifs is 5. The lowest BCUT2D eigenvalue weighted by molar-refractivity contribution is -0.275. The van der Waals surface area contributed by atoms with Gasteiger partial charge in [-0.1, -0.05) is 0 Å². The van der Waals surface area contributed by atoms with E-state index in [1.807, 2.05) is 0 Å². The number of rotatable bonds is 5. The number of nitrogens with zero attached hydrogens (tertiary/aromatic N) is 5. The average molecular weight is 836 g/mol. The van der Waals surface area contributed by atoms with Gasteiger partial charge in [0.05, 0.1) is 29.6 Å². The predicted molar refractivity (Wildman–Crippen MR) is 203 cm³/mol. The highest BCUT2D eigenvalue weighted by molar-refractivity contribution is 6.07. The second-order valence-electron chi connectivity index (χ2n) is 17.0. The number of pyridine rings is 2. The Bertz CT molecular complexity index is 2260. The van der Waals surface area contributed by atoms with Gasteiger partial charge in [-0.25, -0.2) is 28.3 Å². The van der Waals surface area contributed by atoms with Gasteiger partial charge in [-0.3, -0.25) is 19.8 Å². The second-order valence-corrected chi connectivity index (χ2v) is 17.0. The van der Waals surface area contributed by atoms with E-state index in [4.69, 9.17) is 19.2 Å². The predicted octanol–water partition coefficient (Wildman–Crippen LogP) is 6.68. The number of alkyl halides is 3. The number of amides is 4. The van der Waals surface area contributed by atoms with Crippen LogP contribution in [0.1, 0.15) is 77.4 Å². The molecule has 20 heteroatoms. The number of hydrogen-bond donors (Lipinski definition) is 2. The van der Waals surface area contributed by atoms with E-state index in [1.165, 1.54) is 37.9 Å². The van der Waals surface area contributed by atoms with Gasteiger partial charge in [0.15, 0.2) is 17.4 Å². The van der Waals surface area contributed by atoms with Gasteiger partial charge in [0.1, 0.15) is 40.1 Å². The maximum atomic E-state index is 17.5. The van der Waals surface area contributed by atoms with Crippen molar-refractivity contribution in [3.63, 3.8) is 0 Å². The first-order valence-electron chi connectivity index (χ1n) is 18.7. The normalized spacial score (nSPS) is 21.3. The summed E-state index contributed by atoms with van der Waals surface area (Å²) in [6.45, 7) is 12.5. The quantitative estimate of drug-likeness (QED) is 0.264. The molecule has 2 fully saturated rings. The van der Waals surface area contributed by atoms with E-state index in [2.05, 4.69) is 20.4 Å². The van der Waals surface area contributed by atoms with Crippen LogP contribution in [0.15, 0.2) is 12.1 Å². The van der Waals surface area contributed by atoms with Crippen LogP contribution in [0.3, 0.4) is 0 Å². The molecule has 4 atom stereocenters. The first-order valence-corrected chi connectivity index (χ1v) is 18.7. The molecule has 3 aliphatic rings. The fraction of sp³-hybridized carbons (Fsp3) is 0.538. The molecular weight excluding hydrogens is 789 g/mol. The molecule has 0 unspecified atom stereocenters. The molecule has 2 saturated heterocycles. The lowest BCUT2D eigenvalue weighted by Crippen LogP contribution is -2.73. The van der Waals surface area contributed by atoms with Crippen molar-refractivity contribution in [2.75, 3.05) is 37.9 Å². The molecular formula is C39H46F5N7O8. The van der Waals surface area contributed by atoms with Crippen molar-refractivity contribution in [3.05, 3.63) is 35.0 Å². The van der Waals surface area contributed by atoms with Gasteiger partial charge < -0.3 is 34.1 Å². The van der Waals surface area contributed by atoms with Gasteiger partial charge >= 0.3 is 18.5 Å². The van der Waals surface area contributed by atoms with Gasteiger partial charge in [0, 0.05) is 38.3 Å². The van der Waals surface area contributed by atoms with Crippen molar-refractivity contribution in [3.8, 4) is 22.9 Å². The van der Waals surface area contributed by atoms with Crippen LogP contribution < -0.4 is 25.0 Å². The van der Waals surface area contributed by atoms with Crippen LogP contribution in [-0.4, -0.2) is 113 Å². The molecule has 2 N–H and O–H groups in total. The van der Waals surface area contributed by atoms with E-state index in [0.29, 0.717) is 6.07 Å². The van der Waals surface area contributed by atoms with Crippen molar-refractivity contribution in [2.24, 2.45) is 0 Å². The maximum absolute atomic E-state index is 17.5. The molecule has 6 rings (SSSR count). The van der Waals surface area contributed by atoms with E-state index >= 15 is 8.78 Å². The lowest BCUT2D eigenvalue weighted by Gasteiger charge is -2.53. The largest absolute Gasteiger partial charge is 0.573 e. The third-order valence-electron chi connectivity index (χ3n) is 10.2. The molecule has 3 aromatic rings. The van der Waals surface area contributed by atoms with Crippen molar-refractivity contribution in [2.45, 2.75) is 110 Å². The zero-order valence-electron chi connectivity index (χ0n) is 34.4. The third-order valence-corrected chi connectivity index (χ3v) is 10.2. The number of carbonyl (C=O) groups is 4. The summed E-state index contributed by atoms with van der Waals surface area (Å²) in [5, 5.41) is 4.22. The molecule has 0 spiro atoms. The summed E-state index contributed by atoms with van der Waals surface area (Å²) in [6.07, 6.45) is -7.82. The Morgan fingerprint density at radius 3 is 2.20 bits per heavy atom. The van der Waals surface area contributed by atoms with E-state index in [0.717, 1.165) is 6.07 Å². The summed E-state index contributed by atoms with van der Waals surface area (Å²) >= 11 is 0. The summed E-state index contributed by atoms with van der Waals surface area (Å²) < 4.78 is 96.4. The van der Waals surface area contributed by atoms with Crippen LogP contribution in [-0.2, 0) is 14.3 Å². The second kappa shape index (κ2) is 14.5. The Hall–Kier alpha value is -5.69. The van der Waals surface area contributed by atoms with Crippen LogP contribution in [0.2, 0.25) is 0 Å². The van der Waals surface area contributed by atoms with Gasteiger partial charge in [-0.15, -0.1) is 13.2 Å². The standard InChI is InChI=1S/C39H46F5N7O8/c1-17-23-24-30(47-26(17)31(52)45-9)50-16-38(33(53)49(10)11)13-12-22(51(38)35(55)59-37(6,7)8)28(50)18(2)56-32(24)48-27(25(23)41)20-14-19(46-34(54)58-36(3,4)5)15-21(40)29(20)57-39(42,43)44/h14-15,18,22,28H,12-13,16H2,1-11H3,(H,45,52)(H,46,54)/t18-,22-,28+,38+/m0/s1. The number of ether oxygens (including phenoxy) is 4. The zero-order chi connectivity index (χ0) is 43.9. The van der Waals surface area contributed by atoms with Crippen LogP contribution in [0.4, 0.5) is 43.0 Å². The number of nitrogens with one attached hydrogen (secondary N) is 2. The van der Waals surface area contributed by atoms with Crippen LogP contribution in [0.5, 0.6) is 11.6 Å². The van der Waals surface area contributed by atoms with Crippen molar-refractivity contribution < 1.29 is 60.1 Å². The number of likely N-dealkylation sites (N-methyl/N-ethyl adjacent to an activating group) is 1. The average Bonchev–Trinajstić information content (AvgIpc) is 3.31. The smallest absolute Gasteiger partial charge is 0.472 e. The summed E-state index contributed by atoms with van der Waals surface area (Å²) in [7, 11) is 4.39. The van der Waals surface area contributed by atoms with Crippen LogP contribution in [0, 0.1) is 18.6 Å². The summed E-state index contributed by atoms with van der Waals surface area (Å²) in [5.74, 6) is -6.06. The highest BCUT2D eigenvalue weighted by Gasteiger charge is 2.64. The van der Waals surface area contributed by atoms with Crippen molar-refractivity contribution in [1.29, 1.82) is 0 Å². The van der Waals surface area contributed by atoms with Crippen LogP contribution in [0.25, 0.3) is 22.0 Å². The summed E-state index contributed by atoms with van der Waals surface area (Å²) in [4.78, 5) is 68.0. The zero-order valence-corrected chi connectivity index (χ0v) is 34.4. The monoisotopic (exact) mass is 835 g/mol. The van der Waals surface area contributed by atoms with E-state index < -0.39 is 99.6 Å². The summed E-state index contributed by atoms with van der Waals surface area (Å²) in [5.41, 5.74) is -6.10. The van der Waals surface area contributed by atoms with Gasteiger partial charge in [0.25, 0.3) is 5.91 Å². The topological polar surface area (TPSA) is 165 Å². The van der Waals surface area contributed by atoms with Crippen LogP contribution >= 0.6 is 0 Å². The number of piperazine rings is 1. The minimum atomic E-state index is -5.47.